The molecular formula is C17H35NO. The molecule has 1 aliphatic carbocycles. The summed E-state index contributed by atoms with van der Waals surface area (Å²) in [6.07, 6.45) is 7.37. The molecule has 2 nitrogen and oxygen atoms in total. The van der Waals surface area contributed by atoms with Gasteiger partial charge in [-0.15, -0.1) is 0 Å². The lowest BCUT2D eigenvalue weighted by Gasteiger charge is -2.52. The Labute approximate surface area is 120 Å². The molecule has 1 saturated carbocycles. The average molecular weight is 269 g/mol. The Balaban J connectivity index is 2.85. The van der Waals surface area contributed by atoms with Gasteiger partial charge in [0.2, 0.25) is 0 Å². The highest BCUT2D eigenvalue weighted by Gasteiger charge is 2.50. The minimum Gasteiger partial charge on any atom is -0.389 e. The zero-order chi connectivity index (χ0) is 14.7. The molecule has 0 aromatic heterocycles. The van der Waals surface area contributed by atoms with Crippen molar-refractivity contribution >= 4 is 0 Å². The minimum atomic E-state index is -0.556. The van der Waals surface area contributed by atoms with Crippen LogP contribution < -0.4 is 5.73 Å². The molecule has 114 valence electrons. The van der Waals surface area contributed by atoms with Crippen molar-refractivity contribution in [3.63, 3.8) is 0 Å². The quantitative estimate of drug-likeness (QED) is 0.789. The minimum absolute atomic E-state index is 0.0422. The van der Waals surface area contributed by atoms with Crippen LogP contribution in [0.4, 0.5) is 0 Å². The van der Waals surface area contributed by atoms with E-state index in [1.165, 1.54) is 12.8 Å². The van der Waals surface area contributed by atoms with E-state index in [1.54, 1.807) is 0 Å². The summed E-state index contributed by atoms with van der Waals surface area (Å²) in [5, 5.41) is 11.1. The van der Waals surface area contributed by atoms with Crippen LogP contribution in [0.3, 0.4) is 0 Å². The van der Waals surface area contributed by atoms with E-state index in [9.17, 15) is 5.11 Å². The van der Waals surface area contributed by atoms with Crippen LogP contribution in [0.2, 0.25) is 0 Å². The van der Waals surface area contributed by atoms with E-state index in [2.05, 4.69) is 34.6 Å². The number of rotatable bonds is 5. The smallest absolute Gasteiger partial charge is 0.0713 e. The third-order valence-corrected chi connectivity index (χ3v) is 5.79. The summed E-state index contributed by atoms with van der Waals surface area (Å²) >= 11 is 0. The molecule has 3 N–H and O–H groups in total. The molecule has 1 unspecified atom stereocenters. The molecule has 0 aromatic carbocycles. The topological polar surface area (TPSA) is 46.2 Å². The Morgan fingerprint density at radius 1 is 1.16 bits per heavy atom. The number of aliphatic hydroxyl groups is 1. The van der Waals surface area contributed by atoms with Gasteiger partial charge in [0.15, 0.2) is 0 Å². The molecule has 19 heavy (non-hydrogen) atoms. The summed E-state index contributed by atoms with van der Waals surface area (Å²) in [6.45, 7) is 11.9. The predicted molar refractivity (Wildman–Crippen MR) is 83.0 cm³/mol. The highest BCUT2D eigenvalue weighted by atomic mass is 16.3. The lowest BCUT2D eigenvalue weighted by molar-refractivity contribution is -0.118. The van der Waals surface area contributed by atoms with E-state index in [1.807, 2.05) is 0 Å². The van der Waals surface area contributed by atoms with Crippen molar-refractivity contribution in [1.82, 2.24) is 0 Å². The zero-order valence-electron chi connectivity index (χ0n) is 13.8. The standard InChI is InChI=1S/C17H35NO/c1-6-10-17(19,7-2)16(13-18)11-8-14(9-12-16)15(3,4)5/h14,19H,6-13,18H2,1-5H3. The molecule has 0 aliphatic heterocycles. The van der Waals surface area contributed by atoms with Gasteiger partial charge in [0.05, 0.1) is 5.60 Å². The first kappa shape index (κ1) is 17.0. The van der Waals surface area contributed by atoms with Gasteiger partial charge in [-0.2, -0.15) is 0 Å². The van der Waals surface area contributed by atoms with Crippen molar-refractivity contribution < 1.29 is 5.11 Å². The van der Waals surface area contributed by atoms with E-state index in [0.29, 0.717) is 12.0 Å². The lowest BCUT2D eigenvalue weighted by Crippen LogP contribution is -2.54. The largest absolute Gasteiger partial charge is 0.389 e. The fourth-order valence-corrected chi connectivity index (χ4v) is 4.13. The fraction of sp³-hybridized carbons (Fsp3) is 1.00. The molecule has 0 amide bonds. The van der Waals surface area contributed by atoms with Gasteiger partial charge in [-0.3, -0.25) is 0 Å². The number of hydrogen-bond donors (Lipinski definition) is 2. The van der Waals surface area contributed by atoms with Gasteiger partial charge in [-0.05, 0) is 49.9 Å². The third kappa shape index (κ3) is 3.33. The first-order valence-electron chi connectivity index (χ1n) is 8.17. The molecule has 0 spiro atoms. The maximum absolute atomic E-state index is 11.1. The fourth-order valence-electron chi connectivity index (χ4n) is 4.13. The average Bonchev–Trinajstić information content (AvgIpc) is 2.37. The van der Waals surface area contributed by atoms with Gasteiger partial charge < -0.3 is 10.8 Å². The van der Waals surface area contributed by atoms with Crippen LogP contribution in [-0.4, -0.2) is 17.3 Å². The van der Waals surface area contributed by atoms with Crippen LogP contribution >= 0.6 is 0 Å². The maximum atomic E-state index is 11.1. The van der Waals surface area contributed by atoms with Crippen molar-refractivity contribution in [1.29, 1.82) is 0 Å². The summed E-state index contributed by atoms with van der Waals surface area (Å²) in [5.74, 6) is 0.773. The summed E-state index contributed by atoms with van der Waals surface area (Å²) in [6, 6.07) is 0. The van der Waals surface area contributed by atoms with Crippen molar-refractivity contribution in [2.75, 3.05) is 6.54 Å². The van der Waals surface area contributed by atoms with Crippen LogP contribution in [0.1, 0.15) is 79.6 Å². The lowest BCUT2D eigenvalue weighted by atomic mass is 9.56. The van der Waals surface area contributed by atoms with Gasteiger partial charge in [0, 0.05) is 12.0 Å². The molecule has 0 radical (unpaired) electrons. The van der Waals surface area contributed by atoms with Crippen molar-refractivity contribution in [2.24, 2.45) is 22.5 Å². The second-order valence-corrected chi connectivity index (χ2v) is 7.76. The molecule has 0 aromatic rings. The number of nitrogens with two attached hydrogens (primary N) is 1. The Kier molecular flexibility index (Phi) is 5.48. The molecule has 0 heterocycles. The van der Waals surface area contributed by atoms with Gasteiger partial charge >= 0.3 is 0 Å². The SMILES string of the molecule is CCCC(O)(CC)C1(CN)CCC(C(C)(C)C)CC1. The van der Waals surface area contributed by atoms with Gasteiger partial charge in [0.25, 0.3) is 0 Å². The Bertz CT molecular complexity index is 273. The molecular weight excluding hydrogens is 234 g/mol. The highest BCUT2D eigenvalue weighted by molar-refractivity contribution is 5.02. The van der Waals surface area contributed by atoms with Gasteiger partial charge in [-0.1, -0.05) is 41.0 Å². The summed E-state index contributed by atoms with van der Waals surface area (Å²) < 4.78 is 0. The first-order valence-corrected chi connectivity index (χ1v) is 8.17. The van der Waals surface area contributed by atoms with Crippen LogP contribution in [0, 0.1) is 16.7 Å². The summed E-state index contributed by atoms with van der Waals surface area (Å²) in [5.41, 5.74) is 5.91. The van der Waals surface area contributed by atoms with E-state index < -0.39 is 5.60 Å². The molecule has 1 atom stereocenters. The van der Waals surface area contributed by atoms with Crippen molar-refractivity contribution in [2.45, 2.75) is 85.2 Å². The third-order valence-electron chi connectivity index (χ3n) is 5.79. The predicted octanol–water partition coefficient (Wildman–Crippen LogP) is 4.11. The zero-order valence-corrected chi connectivity index (χ0v) is 13.8. The van der Waals surface area contributed by atoms with Gasteiger partial charge in [-0.25, -0.2) is 0 Å². The second kappa shape index (κ2) is 6.13. The summed E-state index contributed by atoms with van der Waals surface area (Å²) in [7, 11) is 0. The first-order chi connectivity index (χ1) is 8.74. The van der Waals surface area contributed by atoms with Crippen molar-refractivity contribution in [3.8, 4) is 0 Å². The highest BCUT2D eigenvalue weighted by Crippen LogP contribution is 2.52. The van der Waals surface area contributed by atoms with E-state index in [0.717, 1.165) is 38.0 Å². The van der Waals surface area contributed by atoms with Crippen LogP contribution in [0.15, 0.2) is 0 Å². The Morgan fingerprint density at radius 3 is 2.00 bits per heavy atom. The normalized spacial score (nSPS) is 32.1. The summed E-state index contributed by atoms with van der Waals surface area (Å²) in [4.78, 5) is 0. The number of hydrogen-bond acceptors (Lipinski definition) is 2. The molecule has 1 rings (SSSR count). The molecule has 2 heteroatoms. The van der Waals surface area contributed by atoms with E-state index in [4.69, 9.17) is 5.73 Å². The van der Waals surface area contributed by atoms with E-state index >= 15 is 0 Å². The monoisotopic (exact) mass is 269 g/mol. The second-order valence-electron chi connectivity index (χ2n) is 7.76. The van der Waals surface area contributed by atoms with Crippen LogP contribution in [-0.2, 0) is 0 Å². The van der Waals surface area contributed by atoms with Crippen LogP contribution in [0.5, 0.6) is 0 Å². The Hall–Kier alpha value is -0.0800. The Morgan fingerprint density at radius 2 is 1.68 bits per heavy atom. The maximum Gasteiger partial charge on any atom is 0.0713 e. The van der Waals surface area contributed by atoms with E-state index in [-0.39, 0.29) is 5.41 Å². The molecule has 1 fully saturated rings. The van der Waals surface area contributed by atoms with Crippen LogP contribution in [0.25, 0.3) is 0 Å². The van der Waals surface area contributed by atoms with Gasteiger partial charge in [0.1, 0.15) is 0 Å². The molecule has 0 saturated heterocycles. The van der Waals surface area contributed by atoms with Crippen molar-refractivity contribution in [3.05, 3.63) is 0 Å². The molecule has 1 aliphatic rings. The molecule has 0 bridgehead atoms.